The highest BCUT2D eigenvalue weighted by atomic mass is 16.1. The summed E-state index contributed by atoms with van der Waals surface area (Å²) in [6.07, 6.45) is 2.42. The molecule has 1 heterocycles. The van der Waals surface area contributed by atoms with Crippen molar-refractivity contribution in [2.24, 2.45) is 10.7 Å². The molecule has 0 fully saturated rings. The first-order valence-corrected chi connectivity index (χ1v) is 6.89. The number of hydrogen-bond acceptors (Lipinski definition) is 3. The molecule has 20 heavy (non-hydrogen) atoms. The molecule has 0 saturated heterocycles. The maximum atomic E-state index is 11.7. The van der Waals surface area contributed by atoms with E-state index in [-0.39, 0.29) is 5.91 Å². The number of aryl methyl sites for hydroxylation is 1. The lowest BCUT2D eigenvalue weighted by atomic mass is 10.3. The maximum Gasteiger partial charge on any atom is 0.227 e. The van der Waals surface area contributed by atoms with Crippen LogP contribution in [0, 0.1) is 6.92 Å². The number of pyridine rings is 1. The molecule has 0 radical (unpaired) electrons. The second kappa shape index (κ2) is 8.90. The van der Waals surface area contributed by atoms with Crippen LogP contribution < -0.4 is 16.4 Å². The summed E-state index contributed by atoms with van der Waals surface area (Å²) in [6.45, 7) is 5.15. The van der Waals surface area contributed by atoms with Gasteiger partial charge in [0.25, 0.3) is 0 Å². The first-order chi connectivity index (χ1) is 9.61. The molecule has 0 aromatic carbocycles. The van der Waals surface area contributed by atoms with Gasteiger partial charge in [-0.25, -0.2) is 4.98 Å². The van der Waals surface area contributed by atoms with Gasteiger partial charge in [-0.15, -0.1) is 0 Å². The maximum absolute atomic E-state index is 11.7. The van der Waals surface area contributed by atoms with E-state index < -0.39 is 0 Å². The average molecular weight is 277 g/mol. The van der Waals surface area contributed by atoms with Gasteiger partial charge in [0, 0.05) is 25.2 Å². The third-order valence-electron chi connectivity index (χ3n) is 2.61. The van der Waals surface area contributed by atoms with Crippen LogP contribution in [0.5, 0.6) is 0 Å². The standard InChI is InChI=1S/C14H23N5O/c1-3-4-9-16-14(15)17-10-8-13(20)19-12-7-5-6-11(2)18-12/h5-7H,3-4,8-10H2,1-2H3,(H3,15,16,17)(H,18,19,20). The molecule has 110 valence electrons. The molecule has 6 heteroatoms. The summed E-state index contributed by atoms with van der Waals surface area (Å²) in [6, 6.07) is 5.50. The van der Waals surface area contributed by atoms with Crippen molar-refractivity contribution in [1.82, 2.24) is 10.3 Å². The van der Waals surface area contributed by atoms with Gasteiger partial charge in [-0.3, -0.25) is 9.79 Å². The molecule has 1 aromatic rings. The van der Waals surface area contributed by atoms with Gasteiger partial charge in [-0.05, 0) is 25.5 Å². The van der Waals surface area contributed by atoms with Crippen molar-refractivity contribution in [2.45, 2.75) is 33.1 Å². The van der Waals surface area contributed by atoms with Crippen LogP contribution in [0.25, 0.3) is 0 Å². The number of unbranched alkanes of at least 4 members (excludes halogenated alkanes) is 1. The second-order valence-corrected chi connectivity index (χ2v) is 4.51. The number of amides is 1. The highest BCUT2D eigenvalue weighted by molar-refractivity contribution is 5.90. The SMILES string of the molecule is CCCCN=C(N)NCCC(=O)Nc1cccc(C)n1. The fourth-order valence-electron chi connectivity index (χ4n) is 1.54. The fourth-order valence-corrected chi connectivity index (χ4v) is 1.54. The quantitative estimate of drug-likeness (QED) is 0.399. The van der Waals surface area contributed by atoms with Gasteiger partial charge in [0.05, 0.1) is 0 Å². The highest BCUT2D eigenvalue weighted by Crippen LogP contribution is 2.03. The summed E-state index contributed by atoms with van der Waals surface area (Å²) in [4.78, 5) is 20.0. The molecule has 0 saturated carbocycles. The highest BCUT2D eigenvalue weighted by Gasteiger charge is 2.03. The van der Waals surface area contributed by atoms with E-state index in [2.05, 4.69) is 27.5 Å². The van der Waals surface area contributed by atoms with E-state index in [1.54, 1.807) is 6.07 Å². The van der Waals surface area contributed by atoms with Crippen molar-refractivity contribution in [3.63, 3.8) is 0 Å². The van der Waals surface area contributed by atoms with Gasteiger partial charge in [0.1, 0.15) is 5.82 Å². The summed E-state index contributed by atoms with van der Waals surface area (Å²) < 4.78 is 0. The minimum atomic E-state index is -0.100. The number of anilines is 1. The number of carbonyl (C=O) groups excluding carboxylic acids is 1. The van der Waals surface area contributed by atoms with Crippen molar-refractivity contribution in [3.05, 3.63) is 23.9 Å². The van der Waals surface area contributed by atoms with Crippen molar-refractivity contribution in [3.8, 4) is 0 Å². The van der Waals surface area contributed by atoms with E-state index in [4.69, 9.17) is 5.73 Å². The lowest BCUT2D eigenvalue weighted by Crippen LogP contribution is -2.34. The number of nitrogens with zero attached hydrogens (tertiary/aromatic N) is 2. The Kier molecular flexibility index (Phi) is 7.10. The molecule has 1 amide bonds. The van der Waals surface area contributed by atoms with Gasteiger partial charge >= 0.3 is 0 Å². The Morgan fingerprint density at radius 1 is 1.45 bits per heavy atom. The summed E-state index contributed by atoms with van der Waals surface area (Å²) >= 11 is 0. The Balaban J connectivity index is 2.25. The van der Waals surface area contributed by atoms with Crippen LogP contribution in [0.2, 0.25) is 0 Å². The first kappa shape index (κ1) is 15.9. The molecule has 0 atom stereocenters. The van der Waals surface area contributed by atoms with Crippen molar-refractivity contribution < 1.29 is 4.79 Å². The fraction of sp³-hybridized carbons (Fsp3) is 0.500. The third kappa shape index (κ3) is 6.72. The molecular formula is C14H23N5O. The van der Waals surface area contributed by atoms with E-state index in [1.165, 1.54) is 0 Å². The number of rotatable bonds is 7. The average Bonchev–Trinajstić information content (AvgIpc) is 2.39. The van der Waals surface area contributed by atoms with Crippen LogP contribution >= 0.6 is 0 Å². The molecule has 0 aliphatic rings. The largest absolute Gasteiger partial charge is 0.370 e. The van der Waals surface area contributed by atoms with Gasteiger partial charge < -0.3 is 16.4 Å². The summed E-state index contributed by atoms with van der Waals surface area (Å²) in [7, 11) is 0. The van der Waals surface area contributed by atoms with Crippen molar-refractivity contribution in [2.75, 3.05) is 18.4 Å². The van der Waals surface area contributed by atoms with Gasteiger partial charge in [0.2, 0.25) is 5.91 Å². The predicted octanol–water partition coefficient (Wildman–Crippen LogP) is 1.42. The van der Waals surface area contributed by atoms with E-state index in [0.29, 0.717) is 24.7 Å². The van der Waals surface area contributed by atoms with Crippen molar-refractivity contribution in [1.29, 1.82) is 0 Å². The number of aliphatic imine (C=N–C) groups is 1. The van der Waals surface area contributed by atoms with Crippen LogP contribution in [-0.2, 0) is 4.79 Å². The summed E-state index contributed by atoms with van der Waals surface area (Å²) in [5.74, 6) is 0.858. The van der Waals surface area contributed by atoms with Crippen LogP contribution in [0.3, 0.4) is 0 Å². The van der Waals surface area contributed by atoms with Gasteiger partial charge in [0.15, 0.2) is 5.96 Å². The Morgan fingerprint density at radius 2 is 2.25 bits per heavy atom. The lowest BCUT2D eigenvalue weighted by Gasteiger charge is -2.07. The Morgan fingerprint density at radius 3 is 2.95 bits per heavy atom. The van der Waals surface area contributed by atoms with Crippen molar-refractivity contribution >= 4 is 17.7 Å². The molecule has 0 spiro atoms. The zero-order chi connectivity index (χ0) is 14.8. The van der Waals surface area contributed by atoms with Gasteiger partial charge in [-0.2, -0.15) is 0 Å². The number of aromatic nitrogens is 1. The van der Waals surface area contributed by atoms with E-state index >= 15 is 0 Å². The van der Waals surface area contributed by atoms with E-state index in [0.717, 1.165) is 25.1 Å². The molecule has 1 rings (SSSR count). The molecule has 6 nitrogen and oxygen atoms in total. The number of nitrogens with two attached hydrogens (primary N) is 1. The van der Waals surface area contributed by atoms with Crippen LogP contribution in [0.4, 0.5) is 5.82 Å². The van der Waals surface area contributed by atoms with E-state index in [1.807, 2.05) is 19.1 Å². The summed E-state index contributed by atoms with van der Waals surface area (Å²) in [5.41, 5.74) is 6.54. The molecule has 0 unspecified atom stereocenters. The van der Waals surface area contributed by atoms with E-state index in [9.17, 15) is 4.79 Å². The number of nitrogens with one attached hydrogen (secondary N) is 2. The molecule has 1 aromatic heterocycles. The predicted molar refractivity (Wildman–Crippen MR) is 81.6 cm³/mol. The number of carbonyl (C=O) groups is 1. The van der Waals surface area contributed by atoms with Gasteiger partial charge in [-0.1, -0.05) is 19.4 Å². The monoisotopic (exact) mass is 277 g/mol. The Bertz CT molecular complexity index is 459. The first-order valence-electron chi connectivity index (χ1n) is 6.89. The molecule has 0 aliphatic carbocycles. The Hall–Kier alpha value is -2.11. The number of hydrogen-bond donors (Lipinski definition) is 3. The zero-order valence-electron chi connectivity index (χ0n) is 12.1. The second-order valence-electron chi connectivity index (χ2n) is 4.51. The lowest BCUT2D eigenvalue weighted by molar-refractivity contribution is -0.116. The molecular weight excluding hydrogens is 254 g/mol. The minimum absolute atomic E-state index is 0.100. The third-order valence-corrected chi connectivity index (χ3v) is 2.61. The molecule has 0 aliphatic heterocycles. The number of guanidine groups is 1. The summed E-state index contributed by atoms with van der Waals surface area (Å²) in [5, 5.41) is 5.65. The smallest absolute Gasteiger partial charge is 0.227 e. The molecule has 4 N–H and O–H groups in total. The topological polar surface area (TPSA) is 92.4 Å². The minimum Gasteiger partial charge on any atom is -0.370 e. The zero-order valence-corrected chi connectivity index (χ0v) is 12.1. The van der Waals surface area contributed by atoms with Crippen LogP contribution in [-0.4, -0.2) is 29.9 Å². The Labute approximate surface area is 119 Å². The van der Waals surface area contributed by atoms with Crippen LogP contribution in [0.15, 0.2) is 23.2 Å². The normalized spacial score (nSPS) is 11.2. The molecule has 0 bridgehead atoms. The van der Waals surface area contributed by atoms with Crippen LogP contribution in [0.1, 0.15) is 31.9 Å².